The zero-order valence-electron chi connectivity index (χ0n) is 12.4. The van der Waals surface area contributed by atoms with Crippen molar-refractivity contribution < 1.29 is 8.91 Å². The summed E-state index contributed by atoms with van der Waals surface area (Å²) in [6.07, 6.45) is 1.81. The van der Waals surface area contributed by atoms with Crippen LogP contribution in [0.15, 0.2) is 53.3 Å². The van der Waals surface area contributed by atoms with E-state index in [1.165, 1.54) is 12.1 Å². The van der Waals surface area contributed by atoms with Gasteiger partial charge in [-0.15, -0.1) is 0 Å². The van der Waals surface area contributed by atoms with Crippen LogP contribution in [0, 0.1) is 5.82 Å². The fourth-order valence-electron chi connectivity index (χ4n) is 2.50. The van der Waals surface area contributed by atoms with Gasteiger partial charge in [0, 0.05) is 17.7 Å². The summed E-state index contributed by atoms with van der Waals surface area (Å²) in [4.78, 5) is 8.75. The van der Waals surface area contributed by atoms with Gasteiger partial charge in [0.1, 0.15) is 5.82 Å². The molecule has 0 aliphatic carbocycles. The molecule has 0 N–H and O–H groups in total. The molecule has 0 atom stereocenters. The molecular formula is C17H13FN4O. The number of rotatable bonds is 3. The number of benzene rings is 2. The Kier molecular flexibility index (Phi) is 3.15. The van der Waals surface area contributed by atoms with E-state index >= 15 is 0 Å². The van der Waals surface area contributed by atoms with Crippen LogP contribution in [0.5, 0.6) is 0 Å². The van der Waals surface area contributed by atoms with Gasteiger partial charge in [-0.05, 0) is 49.4 Å². The van der Waals surface area contributed by atoms with Crippen LogP contribution in [-0.4, -0.2) is 19.7 Å². The third-order valence-electron chi connectivity index (χ3n) is 3.74. The molecule has 4 rings (SSSR count). The zero-order valence-corrected chi connectivity index (χ0v) is 12.4. The largest absolute Gasteiger partial charge is 0.334 e. The third-order valence-corrected chi connectivity index (χ3v) is 3.74. The molecule has 0 saturated heterocycles. The van der Waals surface area contributed by atoms with E-state index in [9.17, 15) is 4.39 Å². The standard InChI is InChI=1S/C17H13FN4O/c1-2-22-10-19-14-8-5-12(9-15(14)22)16-20-17(23-21-16)11-3-6-13(18)7-4-11/h3-10H,2H2,1H3. The van der Waals surface area contributed by atoms with E-state index in [-0.39, 0.29) is 5.82 Å². The SMILES string of the molecule is CCn1cnc2ccc(-c3noc(-c4ccc(F)cc4)n3)cc21. The molecule has 2 aromatic carbocycles. The van der Waals surface area contributed by atoms with Crippen molar-refractivity contribution in [2.24, 2.45) is 0 Å². The zero-order chi connectivity index (χ0) is 15.8. The monoisotopic (exact) mass is 308 g/mol. The van der Waals surface area contributed by atoms with Gasteiger partial charge in [0.15, 0.2) is 0 Å². The van der Waals surface area contributed by atoms with Crippen LogP contribution in [0.3, 0.4) is 0 Å². The maximum Gasteiger partial charge on any atom is 0.258 e. The van der Waals surface area contributed by atoms with E-state index in [1.54, 1.807) is 12.1 Å². The van der Waals surface area contributed by atoms with Crippen molar-refractivity contribution in [2.75, 3.05) is 0 Å². The number of imidazole rings is 1. The van der Waals surface area contributed by atoms with Gasteiger partial charge >= 0.3 is 0 Å². The first-order valence-corrected chi connectivity index (χ1v) is 7.29. The van der Waals surface area contributed by atoms with Gasteiger partial charge in [0.2, 0.25) is 5.82 Å². The average Bonchev–Trinajstić information content (AvgIpc) is 3.21. The first kappa shape index (κ1) is 13.6. The highest BCUT2D eigenvalue weighted by Gasteiger charge is 2.12. The van der Waals surface area contributed by atoms with E-state index < -0.39 is 0 Å². The van der Waals surface area contributed by atoms with Crippen molar-refractivity contribution in [3.05, 3.63) is 54.6 Å². The first-order chi connectivity index (χ1) is 11.2. The Morgan fingerprint density at radius 1 is 1.09 bits per heavy atom. The molecule has 2 heterocycles. The van der Waals surface area contributed by atoms with Crippen molar-refractivity contribution in [2.45, 2.75) is 13.5 Å². The number of nitrogens with zero attached hydrogens (tertiary/aromatic N) is 4. The molecule has 2 aromatic heterocycles. The lowest BCUT2D eigenvalue weighted by atomic mass is 10.2. The van der Waals surface area contributed by atoms with E-state index in [4.69, 9.17) is 4.52 Å². The van der Waals surface area contributed by atoms with Crippen LogP contribution < -0.4 is 0 Å². The number of halogens is 1. The molecule has 0 radical (unpaired) electrons. The molecule has 5 nitrogen and oxygen atoms in total. The van der Waals surface area contributed by atoms with E-state index in [0.29, 0.717) is 17.3 Å². The summed E-state index contributed by atoms with van der Waals surface area (Å²) in [6, 6.07) is 11.8. The van der Waals surface area contributed by atoms with Gasteiger partial charge in [0.05, 0.1) is 17.4 Å². The van der Waals surface area contributed by atoms with Gasteiger partial charge in [-0.2, -0.15) is 4.98 Å². The molecule has 0 unspecified atom stereocenters. The van der Waals surface area contributed by atoms with Crippen molar-refractivity contribution in [1.82, 2.24) is 19.7 Å². The number of fused-ring (bicyclic) bond motifs is 1. The highest BCUT2D eigenvalue weighted by atomic mass is 19.1. The quantitative estimate of drug-likeness (QED) is 0.576. The van der Waals surface area contributed by atoms with Crippen LogP contribution in [0.4, 0.5) is 4.39 Å². The predicted octanol–water partition coefficient (Wildman–Crippen LogP) is 3.91. The lowest BCUT2D eigenvalue weighted by Gasteiger charge is -2.00. The highest BCUT2D eigenvalue weighted by Crippen LogP contribution is 2.25. The van der Waals surface area contributed by atoms with Crippen LogP contribution in [0.2, 0.25) is 0 Å². The van der Waals surface area contributed by atoms with Crippen molar-refractivity contribution >= 4 is 11.0 Å². The number of aryl methyl sites for hydroxylation is 1. The fraction of sp³-hybridized carbons (Fsp3) is 0.118. The maximum atomic E-state index is 13.0. The predicted molar refractivity (Wildman–Crippen MR) is 84.1 cm³/mol. The molecule has 0 amide bonds. The second-order valence-corrected chi connectivity index (χ2v) is 5.16. The number of hydrogen-bond acceptors (Lipinski definition) is 4. The smallest absolute Gasteiger partial charge is 0.258 e. The van der Waals surface area contributed by atoms with Crippen molar-refractivity contribution in [3.8, 4) is 22.8 Å². The Labute approximate surface area is 131 Å². The molecule has 0 bridgehead atoms. The van der Waals surface area contributed by atoms with Gasteiger partial charge in [0.25, 0.3) is 5.89 Å². The molecule has 6 heteroatoms. The van der Waals surface area contributed by atoms with Crippen LogP contribution in [0.25, 0.3) is 33.9 Å². The van der Waals surface area contributed by atoms with Gasteiger partial charge in [-0.25, -0.2) is 9.37 Å². The summed E-state index contributed by atoms with van der Waals surface area (Å²) in [5.41, 5.74) is 3.49. The molecule has 4 aromatic rings. The van der Waals surface area contributed by atoms with E-state index in [1.807, 2.05) is 24.5 Å². The first-order valence-electron chi connectivity index (χ1n) is 7.29. The molecule has 0 spiro atoms. The second kappa shape index (κ2) is 5.31. The molecule has 114 valence electrons. The maximum absolute atomic E-state index is 13.0. The van der Waals surface area contributed by atoms with Gasteiger partial charge in [-0.3, -0.25) is 0 Å². The topological polar surface area (TPSA) is 56.7 Å². The molecule has 0 saturated carbocycles. The Hall–Kier alpha value is -3.02. The molecular weight excluding hydrogens is 295 g/mol. The number of hydrogen-bond donors (Lipinski definition) is 0. The van der Waals surface area contributed by atoms with Gasteiger partial charge in [-0.1, -0.05) is 5.16 Å². The second-order valence-electron chi connectivity index (χ2n) is 5.16. The van der Waals surface area contributed by atoms with Gasteiger partial charge < -0.3 is 9.09 Å². The molecule has 0 aliphatic rings. The summed E-state index contributed by atoms with van der Waals surface area (Å²) in [5.74, 6) is 0.561. The Morgan fingerprint density at radius 3 is 2.65 bits per heavy atom. The summed E-state index contributed by atoms with van der Waals surface area (Å²) < 4.78 is 20.3. The Bertz CT molecular complexity index is 972. The normalized spacial score (nSPS) is 11.2. The summed E-state index contributed by atoms with van der Waals surface area (Å²) in [5, 5.41) is 4.02. The number of aromatic nitrogens is 4. The minimum absolute atomic E-state index is 0.299. The lowest BCUT2D eigenvalue weighted by molar-refractivity contribution is 0.432. The summed E-state index contributed by atoms with van der Waals surface area (Å²) in [6.45, 7) is 2.90. The molecule has 0 aliphatic heterocycles. The van der Waals surface area contributed by atoms with Crippen LogP contribution in [-0.2, 0) is 6.54 Å². The van der Waals surface area contributed by atoms with Crippen LogP contribution in [0.1, 0.15) is 6.92 Å². The Morgan fingerprint density at radius 2 is 1.87 bits per heavy atom. The average molecular weight is 308 g/mol. The van der Waals surface area contributed by atoms with Crippen molar-refractivity contribution in [1.29, 1.82) is 0 Å². The van der Waals surface area contributed by atoms with E-state index in [2.05, 4.69) is 26.6 Å². The minimum Gasteiger partial charge on any atom is -0.334 e. The van der Waals surface area contributed by atoms with Crippen LogP contribution >= 0.6 is 0 Å². The van der Waals surface area contributed by atoms with E-state index in [0.717, 1.165) is 23.1 Å². The molecule has 23 heavy (non-hydrogen) atoms. The highest BCUT2D eigenvalue weighted by molar-refractivity contribution is 5.80. The fourth-order valence-corrected chi connectivity index (χ4v) is 2.50. The minimum atomic E-state index is -0.299. The summed E-state index contributed by atoms with van der Waals surface area (Å²) in [7, 11) is 0. The molecule has 0 fully saturated rings. The van der Waals surface area contributed by atoms with Crippen molar-refractivity contribution in [3.63, 3.8) is 0 Å². The lowest BCUT2D eigenvalue weighted by Crippen LogP contribution is -1.91. The third kappa shape index (κ3) is 2.38. The summed E-state index contributed by atoms with van der Waals surface area (Å²) >= 11 is 0. The Balaban J connectivity index is 1.75.